The molecule has 1 aromatic heterocycles. The van der Waals surface area contributed by atoms with E-state index in [1.165, 1.54) is 29.7 Å². The highest BCUT2D eigenvalue weighted by molar-refractivity contribution is 7.93. The fourth-order valence-electron chi connectivity index (χ4n) is 3.10. The maximum absolute atomic E-state index is 12.2. The molecule has 0 unspecified atom stereocenters. The molecular formula is C21H25ClN4O3S2. The number of hydrogen-bond acceptors (Lipinski definition) is 6. The van der Waals surface area contributed by atoms with Crippen molar-refractivity contribution in [2.24, 2.45) is 5.73 Å². The van der Waals surface area contributed by atoms with Crippen LogP contribution in [0.3, 0.4) is 0 Å². The number of rotatable bonds is 5. The Bertz CT molecular complexity index is 1120. The summed E-state index contributed by atoms with van der Waals surface area (Å²) in [4.78, 5) is 17.4. The fourth-order valence-corrected chi connectivity index (χ4v) is 5.19. The third kappa shape index (κ3) is 5.82. The van der Waals surface area contributed by atoms with Crippen LogP contribution in [0.2, 0.25) is 5.02 Å². The van der Waals surface area contributed by atoms with E-state index in [4.69, 9.17) is 17.3 Å². The van der Waals surface area contributed by atoms with Crippen LogP contribution in [0.15, 0.2) is 58.9 Å². The first-order chi connectivity index (χ1) is 14.8. The average molecular weight is 481 g/mol. The van der Waals surface area contributed by atoms with Crippen molar-refractivity contribution in [3.63, 3.8) is 0 Å². The lowest BCUT2D eigenvalue weighted by molar-refractivity contribution is -0.117. The topological polar surface area (TPSA) is 105 Å². The number of nitrogens with two attached hydrogens (primary N) is 1. The minimum Gasteiger partial charge on any atom is -0.326 e. The minimum absolute atomic E-state index is 0. The van der Waals surface area contributed by atoms with Crippen LogP contribution in [0.5, 0.6) is 0 Å². The van der Waals surface area contributed by atoms with Gasteiger partial charge in [0.2, 0.25) is 5.91 Å². The first-order valence-corrected chi connectivity index (χ1v) is 12.3. The zero-order chi connectivity index (χ0) is 22.4. The van der Waals surface area contributed by atoms with Crippen molar-refractivity contribution in [3.8, 4) is 0 Å². The van der Waals surface area contributed by atoms with Crippen LogP contribution in [0, 0.1) is 6.92 Å². The number of halogens is 1. The van der Waals surface area contributed by atoms with Gasteiger partial charge in [0, 0.05) is 43.2 Å². The lowest BCUT2D eigenvalue weighted by Crippen LogP contribution is -2.23. The molecule has 1 aliphatic rings. The van der Waals surface area contributed by atoms with Crippen molar-refractivity contribution < 1.29 is 14.6 Å². The molecule has 10 heteroatoms. The predicted molar refractivity (Wildman–Crippen MR) is 127 cm³/mol. The van der Waals surface area contributed by atoms with E-state index < -0.39 is 10.0 Å². The Morgan fingerprint density at radius 1 is 1.26 bits per heavy atom. The Kier molecular flexibility index (Phi) is 7.66. The number of hydrogen-bond donors (Lipinski definition) is 2. The minimum atomic E-state index is -3.64. The number of anilines is 2. The van der Waals surface area contributed by atoms with Gasteiger partial charge in [0.15, 0.2) is 5.13 Å². The van der Waals surface area contributed by atoms with Crippen molar-refractivity contribution in [2.75, 3.05) is 16.2 Å². The lowest BCUT2D eigenvalue weighted by atomic mass is 10.1. The van der Waals surface area contributed by atoms with Crippen molar-refractivity contribution >= 4 is 49.7 Å². The van der Waals surface area contributed by atoms with E-state index in [9.17, 15) is 13.2 Å². The summed E-state index contributed by atoms with van der Waals surface area (Å²) in [6, 6.07) is 12.1. The molecule has 2 aromatic carbocycles. The van der Waals surface area contributed by atoms with Crippen LogP contribution >= 0.6 is 22.9 Å². The molecule has 3 aromatic rings. The molecule has 0 radical (unpaired) electrons. The quantitative estimate of drug-likeness (QED) is 0.562. The number of aryl methyl sites for hydroxylation is 1. The third-order valence-corrected chi connectivity index (χ3v) is 7.27. The Morgan fingerprint density at radius 2 is 2.00 bits per heavy atom. The van der Waals surface area contributed by atoms with Crippen molar-refractivity contribution in [1.29, 1.82) is 0 Å². The molecule has 166 valence electrons. The molecule has 3 N–H and O–H groups in total. The number of nitrogens with zero attached hydrogens (tertiary/aromatic N) is 2. The Labute approximate surface area is 192 Å². The van der Waals surface area contributed by atoms with E-state index in [0.717, 1.165) is 28.3 Å². The molecule has 31 heavy (non-hydrogen) atoms. The number of carbonyl (C=O) groups excluding carboxylic acids is 1. The summed E-state index contributed by atoms with van der Waals surface area (Å²) in [6.45, 7) is 3.21. The van der Waals surface area contributed by atoms with Crippen molar-refractivity contribution in [2.45, 2.75) is 31.2 Å². The molecule has 7 nitrogen and oxygen atoms in total. The van der Waals surface area contributed by atoms with Crippen LogP contribution in [0.1, 0.15) is 25.4 Å². The van der Waals surface area contributed by atoms with Crippen LogP contribution in [-0.4, -0.2) is 25.9 Å². The van der Waals surface area contributed by atoms with Crippen LogP contribution < -0.4 is 15.4 Å². The van der Waals surface area contributed by atoms with E-state index >= 15 is 0 Å². The number of nitrogens with one attached hydrogen (secondary N) is 1. The predicted octanol–water partition coefficient (Wildman–Crippen LogP) is 4.42. The summed E-state index contributed by atoms with van der Waals surface area (Å²) in [6.07, 6.45) is 2.92. The zero-order valence-electron chi connectivity index (χ0n) is 16.9. The summed E-state index contributed by atoms with van der Waals surface area (Å²) < 4.78 is 26.8. The second-order valence-electron chi connectivity index (χ2n) is 6.82. The number of benzene rings is 2. The summed E-state index contributed by atoms with van der Waals surface area (Å²) in [5.41, 5.74) is 8.40. The van der Waals surface area contributed by atoms with Gasteiger partial charge in [0.25, 0.3) is 10.0 Å². The van der Waals surface area contributed by atoms with E-state index in [1.54, 1.807) is 22.4 Å². The molecule has 0 atom stereocenters. The molecule has 1 amide bonds. The maximum Gasteiger partial charge on any atom is 0.263 e. The van der Waals surface area contributed by atoms with E-state index in [0.29, 0.717) is 24.6 Å². The summed E-state index contributed by atoms with van der Waals surface area (Å²) in [5.74, 6) is 0.0755. The molecule has 4 rings (SSSR count). The molecule has 1 fully saturated rings. The number of aromatic nitrogens is 1. The number of sulfonamides is 1. The van der Waals surface area contributed by atoms with Gasteiger partial charge in [0.05, 0.1) is 4.90 Å². The molecule has 0 aliphatic carbocycles. The van der Waals surface area contributed by atoms with Gasteiger partial charge in [-0.3, -0.25) is 9.52 Å². The number of thiazole rings is 1. The Morgan fingerprint density at radius 3 is 2.52 bits per heavy atom. The highest BCUT2D eigenvalue weighted by Gasteiger charge is 2.22. The van der Waals surface area contributed by atoms with Crippen LogP contribution in [-0.2, 0) is 21.4 Å². The molecule has 2 heterocycles. The standard InChI is InChI=1S/C13H13N3O3S2.C8H10ClN.H2/c17-12-2-1-8-16(12)10-3-5-11(6-4-10)21(18,19)15-13-14-7-9-20-13;1-6-3-2-4-8(9)7(6)5-10;/h3-7,9H,1-2,8H2,(H,14,15);2-4H,5,10H2,1H3;1H. The van der Waals surface area contributed by atoms with Gasteiger partial charge in [-0.15, -0.1) is 11.3 Å². The highest BCUT2D eigenvalue weighted by atomic mass is 35.5. The molecule has 1 saturated heterocycles. The average Bonchev–Trinajstić information content (AvgIpc) is 3.40. The zero-order valence-corrected chi connectivity index (χ0v) is 19.3. The molecule has 0 bridgehead atoms. The van der Waals surface area contributed by atoms with Crippen molar-refractivity contribution in [3.05, 3.63) is 70.2 Å². The molecule has 0 saturated carbocycles. The fraction of sp³-hybridized carbons (Fsp3) is 0.238. The highest BCUT2D eigenvalue weighted by Crippen LogP contribution is 2.24. The van der Waals surface area contributed by atoms with Gasteiger partial charge in [-0.2, -0.15) is 0 Å². The molecular weight excluding hydrogens is 456 g/mol. The Balaban J connectivity index is 0.000000280. The monoisotopic (exact) mass is 480 g/mol. The van der Waals surface area contributed by atoms with Gasteiger partial charge < -0.3 is 10.6 Å². The summed E-state index contributed by atoms with van der Waals surface area (Å²) in [7, 11) is -3.64. The number of amides is 1. The van der Waals surface area contributed by atoms with Crippen molar-refractivity contribution in [1.82, 2.24) is 4.98 Å². The largest absolute Gasteiger partial charge is 0.326 e. The van der Waals surface area contributed by atoms with Gasteiger partial charge >= 0.3 is 0 Å². The second-order valence-corrected chi connectivity index (χ2v) is 9.81. The molecule has 1 aliphatic heterocycles. The van der Waals surface area contributed by atoms with Gasteiger partial charge in [0.1, 0.15) is 0 Å². The van der Waals surface area contributed by atoms with Gasteiger partial charge in [-0.05, 0) is 54.8 Å². The lowest BCUT2D eigenvalue weighted by Gasteiger charge is -2.16. The first kappa shape index (κ1) is 23.2. The maximum atomic E-state index is 12.2. The summed E-state index contributed by atoms with van der Waals surface area (Å²) >= 11 is 7.06. The normalized spacial score (nSPS) is 13.6. The van der Waals surface area contributed by atoms with Gasteiger partial charge in [-0.25, -0.2) is 13.4 Å². The third-order valence-electron chi connectivity index (χ3n) is 4.74. The smallest absolute Gasteiger partial charge is 0.263 e. The van der Waals surface area contributed by atoms with Gasteiger partial charge in [-0.1, -0.05) is 23.7 Å². The van der Waals surface area contributed by atoms with Crippen LogP contribution in [0.25, 0.3) is 0 Å². The van der Waals surface area contributed by atoms with E-state index in [-0.39, 0.29) is 12.2 Å². The SMILES string of the molecule is Cc1cccc(Cl)c1CN.O=C1CCCN1c1ccc(S(=O)(=O)Nc2nccs2)cc1.[HH]. The van der Waals surface area contributed by atoms with E-state index in [1.807, 2.05) is 25.1 Å². The first-order valence-electron chi connectivity index (χ1n) is 9.58. The number of carbonyl (C=O) groups is 1. The molecule has 0 spiro atoms. The second kappa shape index (κ2) is 10.2. The Hall–Kier alpha value is -2.46. The summed E-state index contributed by atoms with van der Waals surface area (Å²) in [5, 5.41) is 2.79. The van der Waals surface area contributed by atoms with E-state index in [2.05, 4.69) is 9.71 Å². The van der Waals surface area contributed by atoms with Crippen LogP contribution in [0.4, 0.5) is 10.8 Å².